The van der Waals surface area contributed by atoms with Gasteiger partial charge in [-0.2, -0.15) is 0 Å². The minimum Gasteiger partial charge on any atom is -0.374 e. The summed E-state index contributed by atoms with van der Waals surface area (Å²) < 4.78 is 7.50. The molecule has 0 unspecified atom stereocenters. The number of nitrogens with zero attached hydrogens (tertiary/aromatic N) is 3. The van der Waals surface area contributed by atoms with Crippen molar-refractivity contribution in [2.45, 2.75) is 6.10 Å². The summed E-state index contributed by atoms with van der Waals surface area (Å²) >= 11 is 7.31. The van der Waals surface area contributed by atoms with Crippen LogP contribution >= 0.6 is 22.9 Å². The van der Waals surface area contributed by atoms with E-state index in [1.165, 1.54) is 16.0 Å². The third-order valence-electron chi connectivity index (χ3n) is 2.48. The van der Waals surface area contributed by atoms with Crippen LogP contribution in [-0.4, -0.2) is 34.6 Å². The first-order valence-corrected chi connectivity index (χ1v) is 6.72. The van der Waals surface area contributed by atoms with Crippen LogP contribution in [0, 0.1) is 0 Å². The Morgan fingerprint density at radius 2 is 2.42 bits per heavy atom. The molecule has 0 spiro atoms. The monoisotopic (exact) mass is 300 g/mol. The van der Waals surface area contributed by atoms with Crippen molar-refractivity contribution in [3.05, 3.63) is 33.2 Å². The lowest BCUT2D eigenvalue weighted by molar-refractivity contribution is 0.0833. The molecule has 2 aromatic rings. The summed E-state index contributed by atoms with van der Waals surface area (Å²) in [6.45, 7) is 0.350. The molecule has 0 saturated heterocycles. The van der Waals surface area contributed by atoms with Crippen LogP contribution < -0.4 is 5.32 Å². The number of thiophene rings is 1. The minimum atomic E-state index is -0.280. The number of nitrogens with one attached hydrogen (secondary N) is 1. The normalized spacial score (nSPS) is 12.4. The van der Waals surface area contributed by atoms with Crippen LogP contribution in [0.15, 0.2) is 18.3 Å². The van der Waals surface area contributed by atoms with Gasteiger partial charge in [0.2, 0.25) is 0 Å². The van der Waals surface area contributed by atoms with Gasteiger partial charge in [-0.25, -0.2) is 0 Å². The zero-order valence-corrected chi connectivity index (χ0v) is 12.0. The number of hydrogen-bond acceptors (Lipinski definition) is 5. The Balaban J connectivity index is 1.95. The molecule has 0 radical (unpaired) electrons. The molecule has 2 rings (SSSR count). The van der Waals surface area contributed by atoms with Crippen molar-refractivity contribution in [3.63, 3.8) is 0 Å². The molecule has 0 fully saturated rings. The van der Waals surface area contributed by atoms with E-state index in [2.05, 4.69) is 15.6 Å². The molecule has 0 bridgehead atoms. The van der Waals surface area contributed by atoms with E-state index in [0.717, 1.165) is 4.88 Å². The number of rotatable bonds is 5. The lowest BCUT2D eigenvalue weighted by atomic mass is 10.3. The predicted octanol–water partition coefficient (Wildman–Crippen LogP) is 1.65. The number of aryl methyl sites for hydroxylation is 1. The molecule has 0 saturated carbocycles. The van der Waals surface area contributed by atoms with Crippen LogP contribution in [0.5, 0.6) is 0 Å². The zero-order valence-electron chi connectivity index (χ0n) is 10.5. The largest absolute Gasteiger partial charge is 0.374 e. The fourth-order valence-electron chi connectivity index (χ4n) is 1.53. The van der Waals surface area contributed by atoms with Crippen LogP contribution in [0.2, 0.25) is 4.34 Å². The molecular weight excluding hydrogens is 288 g/mol. The van der Waals surface area contributed by atoms with Crippen LogP contribution in [0.4, 0.5) is 0 Å². The highest BCUT2D eigenvalue weighted by molar-refractivity contribution is 7.16. The molecule has 6 nitrogen and oxygen atoms in total. The SMILES string of the molecule is CO[C@H](CNC(=O)c1cn(C)nn1)c1ccc(Cl)s1. The maximum absolute atomic E-state index is 11.8. The first-order valence-electron chi connectivity index (χ1n) is 5.52. The second-order valence-electron chi connectivity index (χ2n) is 3.85. The Bertz CT molecular complexity index is 569. The summed E-state index contributed by atoms with van der Waals surface area (Å²) in [7, 11) is 3.29. The van der Waals surface area contributed by atoms with Crippen molar-refractivity contribution in [1.82, 2.24) is 20.3 Å². The Hall–Kier alpha value is -1.44. The Kier molecular flexibility index (Phi) is 4.52. The van der Waals surface area contributed by atoms with E-state index in [9.17, 15) is 4.79 Å². The van der Waals surface area contributed by atoms with E-state index in [0.29, 0.717) is 10.9 Å². The summed E-state index contributed by atoms with van der Waals surface area (Å²) in [5, 5.41) is 10.2. The molecule has 0 aliphatic rings. The van der Waals surface area contributed by atoms with Crippen molar-refractivity contribution in [2.75, 3.05) is 13.7 Å². The molecule has 0 aliphatic heterocycles. The summed E-state index contributed by atoms with van der Waals surface area (Å²) in [6, 6.07) is 3.69. The number of halogens is 1. The fourth-order valence-corrected chi connectivity index (χ4v) is 2.67. The van der Waals surface area contributed by atoms with Crippen molar-refractivity contribution in [2.24, 2.45) is 7.05 Å². The van der Waals surface area contributed by atoms with E-state index >= 15 is 0 Å². The molecule has 19 heavy (non-hydrogen) atoms. The second kappa shape index (κ2) is 6.14. The molecule has 102 valence electrons. The van der Waals surface area contributed by atoms with Crippen LogP contribution in [0.1, 0.15) is 21.5 Å². The molecule has 0 aromatic carbocycles. The highest BCUT2D eigenvalue weighted by Crippen LogP contribution is 2.28. The first kappa shape index (κ1) is 14.0. The van der Waals surface area contributed by atoms with Gasteiger partial charge in [0, 0.05) is 25.6 Å². The van der Waals surface area contributed by atoms with Gasteiger partial charge < -0.3 is 10.1 Å². The third-order valence-corrected chi connectivity index (χ3v) is 3.80. The lowest BCUT2D eigenvalue weighted by Crippen LogP contribution is -2.29. The summed E-state index contributed by atoms with van der Waals surface area (Å²) in [5.74, 6) is -0.280. The molecule has 1 amide bonds. The number of amides is 1. The summed E-state index contributed by atoms with van der Waals surface area (Å²) in [5.41, 5.74) is 0.279. The van der Waals surface area contributed by atoms with Crippen molar-refractivity contribution in [1.29, 1.82) is 0 Å². The lowest BCUT2D eigenvalue weighted by Gasteiger charge is -2.13. The number of hydrogen-bond donors (Lipinski definition) is 1. The molecule has 1 N–H and O–H groups in total. The highest BCUT2D eigenvalue weighted by atomic mass is 35.5. The Morgan fingerprint density at radius 1 is 1.63 bits per heavy atom. The van der Waals surface area contributed by atoms with Gasteiger partial charge in [0.25, 0.3) is 5.91 Å². The standard InChI is InChI=1S/C11H13ClN4O2S/c1-16-6-7(14-15-16)11(17)13-5-8(18-2)9-3-4-10(12)19-9/h3-4,6,8H,5H2,1-2H3,(H,13,17)/t8-/m1/s1. The van der Waals surface area contributed by atoms with E-state index in [1.807, 2.05) is 6.07 Å². The number of methoxy groups -OCH3 is 1. The summed E-state index contributed by atoms with van der Waals surface area (Å²) in [4.78, 5) is 12.8. The Morgan fingerprint density at radius 3 is 2.95 bits per heavy atom. The average Bonchev–Trinajstić information content (AvgIpc) is 2.99. The number of carbonyl (C=O) groups excluding carboxylic acids is 1. The van der Waals surface area contributed by atoms with Gasteiger partial charge in [-0.15, -0.1) is 16.4 Å². The quantitative estimate of drug-likeness (QED) is 0.911. The molecule has 2 heterocycles. The van der Waals surface area contributed by atoms with Crippen molar-refractivity contribution in [3.8, 4) is 0 Å². The summed E-state index contributed by atoms with van der Waals surface area (Å²) in [6.07, 6.45) is 1.33. The second-order valence-corrected chi connectivity index (χ2v) is 5.60. The minimum absolute atomic E-state index is 0.224. The molecule has 8 heteroatoms. The molecule has 1 atom stereocenters. The van der Waals surface area contributed by atoms with Gasteiger partial charge in [-0.3, -0.25) is 9.48 Å². The predicted molar refractivity (Wildman–Crippen MR) is 72.4 cm³/mol. The van der Waals surface area contributed by atoms with Crippen LogP contribution in [-0.2, 0) is 11.8 Å². The van der Waals surface area contributed by atoms with E-state index in [4.69, 9.17) is 16.3 Å². The third kappa shape index (κ3) is 3.52. The van der Waals surface area contributed by atoms with Crippen LogP contribution in [0.3, 0.4) is 0 Å². The fraction of sp³-hybridized carbons (Fsp3) is 0.364. The molecule has 2 aromatic heterocycles. The highest BCUT2D eigenvalue weighted by Gasteiger charge is 2.16. The zero-order chi connectivity index (χ0) is 13.8. The van der Waals surface area contributed by atoms with Crippen LogP contribution in [0.25, 0.3) is 0 Å². The number of carbonyl (C=O) groups is 1. The topological polar surface area (TPSA) is 69.0 Å². The van der Waals surface area contributed by atoms with Gasteiger partial charge in [-0.05, 0) is 12.1 Å². The van der Waals surface area contributed by atoms with Gasteiger partial charge in [-0.1, -0.05) is 16.8 Å². The molecular formula is C11H13ClN4O2S. The van der Waals surface area contributed by atoms with Gasteiger partial charge >= 0.3 is 0 Å². The molecule has 0 aliphatic carbocycles. The smallest absolute Gasteiger partial charge is 0.273 e. The number of ether oxygens (including phenoxy) is 1. The maximum Gasteiger partial charge on any atom is 0.273 e. The van der Waals surface area contributed by atoms with E-state index < -0.39 is 0 Å². The first-order chi connectivity index (χ1) is 9.10. The van der Waals surface area contributed by atoms with Gasteiger partial charge in [0.15, 0.2) is 5.69 Å². The van der Waals surface area contributed by atoms with Gasteiger partial charge in [0.1, 0.15) is 6.10 Å². The number of aromatic nitrogens is 3. The maximum atomic E-state index is 11.8. The van der Waals surface area contributed by atoms with Crippen molar-refractivity contribution >= 4 is 28.8 Å². The van der Waals surface area contributed by atoms with Gasteiger partial charge in [0.05, 0.1) is 10.5 Å². The van der Waals surface area contributed by atoms with Crippen molar-refractivity contribution < 1.29 is 9.53 Å². The van der Waals surface area contributed by atoms with E-state index in [-0.39, 0.29) is 17.7 Å². The average molecular weight is 301 g/mol. The van der Waals surface area contributed by atoms with E-state index in [1.54, 1.807) is 26.4 Å². The Labute approximate surface area is 119 Å².